The summed E-state index contributed by atoms with van der Waals surface area (Å²) >= 11 is 0. The van der Waals surface area contributed by atoms with Gasteiger partial charge in [-0.05, 0) is 55.0 Å². The van der Waals surface area contributed by atoms with Crippen molar-refractivity contribution in [2.45, 2.75) is 43.0 Å². The first kappa shape index (κ1) is 18.3. The third-order valence-corrected chi connectivity index (χ3v) is 7.39. The molecular formula is C20H25N3O3S. The number of fused-ring (bicyclic) bond motifs is 1. The minimum atomic E-state index is -3.54. The van der Waals surface area contributed by atoms with E-state index in [1.807, 2.05) is 12.1 Å². The molecule has 1 aliphatic carbocycles. The number of methoxy groups -OCH3 is 1. The predicted molar refractivity (Wildman–Crippen MR) is 105 cm³/mol. The van der Waals surface area contributed by atoms with E-state index in [1.54, 1.807) is 29.7 Å². The summed E-state index contributed by atoms with van der Waals surface area (Å²) in [6.07, 6.45) is 6.34. The molecule has 2 aliphatic rings. The fourth-order valence-corrected chi connectivity index (χ4v) is 5.70. The summed E-state index contributed by atoms with van der Waals surface area (Å²) in [6.45, 7) is 1.17. The molecule has 7 heteroatoms. The van der Waals surface area contributed by atoms with Gasteiger partial charge in [-0.2, -0.15) is 4.31 Å². The van der Waals surface area contributed by atoms with E-state index in [0.717, 1.165) is 43.4 Å². The van der Waals surface area contributed by atoms with Gasteiger partial charge in [0.25, 0.3) is 0 Å². The van der Waals surface area contributed by atoms with Crippen LogP contribution in [0.3, 0.4) is 0 Å². The van der Waals surface area contributed by atoms with E-state index in [9.17, 15) is 8.42 Å². The standard InChI is InChI=1S/C20H25N3O3S/c1-26-18-8-5-7-15-16(18)10-11-17(15)22-20-19(9-6-12-21-20)27(24,25)23-13-3-2-4-14-23/h5-9,12,17H,2-4,10-11,13-14H2,1H3,(H,21,22). The molecule has 0 radical (unpaired) electrons. The van der Waals surface area contributed by atoms with Crippen molar-refractivity contribution in [2.24, 2.45) is 0 Å². The summed E-state index contributed by atoms with van der Waals surface area (Å²) in [5, 5.41) is 3.39. The Labute approximate surface area is 160 Å². The number of nitrogens with one attached hydrogen (secondary N) is 1. The Kier molecular flexibility index (Phi) is 5.06. The molecule has 1 atom stereocenters. The minimum absolute atomic E-state index is 0.0281. The zero-order chi connectivity index (χ0) is 18.9. The van der Waals surface area contributed by atoms with Crippen molar-refractivity contribution in [3.8, 4) is 5.75 Å². The molecule has 2 aromatic rings. The summed E-state index contributed by atoms with van der Waals surface area (Å²) < 4.78 is 33.4. The van der Waals surface area contributed by atoms with Crippen LogP contribution in [0.25, 0.3) is 0 Å². The second-order valence-electron chi connectivity index (χ2n) is 7.08. The van der Waals surface area contributed by atoms with E-state index in [1.165, 1.54) is 5.56 Å². The van der Waals surface area contributed by atoms with Gasteiger partial charge >= 0.3 is 0 Å². The highest BCUT2D eigenvalue weighted by atomic mass is 32.2. The van der Waals surface area contributed by atoms with Crippen LogP contribution in [0.15, 0.2) is 41.4 Å². The van der Waals surface area contributed by atoms with Crippen molar-refractivity contribution in [3.05, 3.63) is 47.7 Å². The van der Waals surface area contributed by atoms with Crippen LogP contribution in [0, 0.1) is 0 Å². The molecule has 144 valence electrons. The number of hydrogen-bond donors (Lipinski definition) is 1. The van der Waals surface area contributed by atoms with Crippen LogP contribution >= 0.6 is 0 Å². The molecule has 6 nitrogen and oxygen atoms in total. The zero-order valence-corrected chi connectivity index (χ0v) is 16.3. The van der Waals surface area contributed by atoms with Crippen LogP contribution in [0.5, 0.6) is 5.75 Å². The maximum atomic E-state index is 13.2. The molecule has 27 heavy (non-hydrogen) atoms. The van der Waals surface area contributed by atoms with Crippen LogP contribution in [0.4, 0.5) is 5.82 Å². The molecule has 4 rings (SSSR count). The number of rotatable bonds is 5. The smallest absolute Gasteiger partial charge is 0.246 e. The van der Waals surface area contributed by atoms with Crippen molar-refractivity contribution >= 4 is 15.8 Å². The summed E-state index contributed by atoms with van der Waals surface area (Å²) in [5.74, 6) is 1.32. The van der Waals surface area contributed by atoms with Crippen LogP contribution in [-0.2, 0) is 16.4 Å². The Bertz CT molecular complexity index is 924. The van der Waals surface area contributed by atoms with Gasteiger partial charge in [0.15, 0.2) is 0 Å². The molecule has 1 saturated heterocycles. The minimum Gasteiger partial charge on any atom is -0.496 e. The van der Waals surface area contributed by atoms with Gasteiger partial charge < -0.3 is 10.1 Å². The maximum Gasteiger partial charge on any atom is 0.246 e. The van der Waals surface area contributed by atoms with Gasteiger partial charge in [-0.25, -0.2) is 13.4 Å². The van der Waals surface area contributed by atoms with Crippen molar-refractivity contribution in [2.75, 3.05) is 25.5 Å². The normalized spacial score (nSPS) is 20.3. The van der Waals surface area contributed by atoms with Crippen molar-refractivity contribution in [1.29, 1.82) is 0 Å². The van der Waals surface area contributed by atoms with Crippen LogP contribution < -0.4 is 10.1 Å². The predicted octanol–water partition coefficient (Wildman–Crippen LogP) is 3.36. The van der Waals surface area contributed by atoms with Crippen molar-refractivity contribution in [1.82, 2.24) is 9.29 Å². The quantitative estimate of drug-likeness (QED) is 0.852. The molecule has 0 spiro atoms. The number of hydrogen-bond acceptors (Lipinski definition) is 5. The van der Waals surface area contributed by atoms with Gasteiger partial charge in [-0.15, -0.1) is 0 Å². The lowest BCUT2D eigenvalue weighted by atomic mass is 10.1. The van der Waals surface area contributed by atoms with E-state index in [2.05, 4.69) is 16.4 Å². The lowest BCUT2D eigenvalue weighted by molar-refractivity contribution is 0.346. The van der Waals surface area contributed by atoms with Gasteiger partial charge in [0, 0.05) is 19.3 Å². The topological polar surface area (TPSA) is 71.5 Å². The monoisotopic (exact) mass is 387 g/mol. The fraction of sp³-hybridized carbons (Fsp3) is 0.450. The summed E-state index contributed by atoms with van der Waals surface area (Å²) in [4.78, 5) is 4.64. The average molecular weight is 388 g/mol. The van der Waals surface area contributed by atoms with E-state index in [4.69, 9.17) is 4.74 Å². The molecule has 1 aromatic heterocycles. The van der Waals surface area contributed by atoms with Crippen LogP contribution in [-0.4, -0.2) is 37.9 Å². The third-order valence-electron chi connectivity index (χ3n) is 5.46. The number of benzene rings is 1. The summed E-state index contributed by atoms with van der Waals surface area (Å²) in [7, 11) is -1.86. The number of pyridine rings is 1. The Morgan fingerprint density at radius 1 is 1.15 bits per heavy atom. The number of sulfonamides is 1. The highest BCUT2D eigenvalue weighted by molar-refractivity contribution is 7.89. The van der Waals surface area contributed by atoms with E-state index < -0.39 is 10.0 Å². The Morgan fingerprint density at radius 3 is 2.74 bits per heavy atom. The first-order valence-corrected chi connectivity index (χ1v) is 10.9. The van der Waals surface area contributed by atoms with Gasteiger partial charge in [-0.3, -0.25) is 0 Å². The third kappa shape index (κ3) is 3.41. The zero-order valence-electron chi connectivity index (χ0n) is 15.5. The number of piperidine rings is 1. The van der Waals surface area contributed by atoms with Crippen molar-refractivity contribution in [3.63, 3.8) is 0 Å². The molecule has 1 unspecified atom stereocenters. The fourth-order valence-electron chi connectivity index (χ4n) is 4.08. The van der Waals surface area contributed by atoms with Gasteiger partial charge in [0.1, 0.15) is 16.5 Å². The Balaban J connectivity index is 1.64. The Morgan fingerprint density at radius 2 is 1.96 bits per heavy atom. The largest absolute Gasteiger partial charge is 0.496 e. The molecule has 0 saturated carbocycles. The molecular weight excluding hydrogens is 362 g/mol. The summed E-state index contributed by atoms with van der Waals surface area (Å²) in [6, 6.07) is 9.38. The first-order valence-electron chi connectivity index (χ1n) is 9.49. The molecule has 1 N–H and O–H groups in total. The highest BCUT2D eigenvalue weighted by Gasteiger charge is 2.31. The number of nitrogens with zero attached hydrogens (tertiary/aromatic N) is 2. The molecule has 1 aliphatic heterocycles. The van der Waals surface area contributed by atoms with Gasteiger partial charge in [0.05, 0.1) is 13.2 Å². The van der Waals surface area contributed by atoms with E-state index >= 15 is 0 Å². The average Bonchev–Trinajstić information content (AvgIpc) is 3.12. The van der Waals surface area contributed by atoms with Crippen molar-refractivity contribution < 1.29 is 13.2 Å². The molecule has 1 fully saturated rings. The molecule has 2 heterocycles. The number of anilines is 1. The van der Waals surface area contributed by atoms with Gasteiger partial charge in [-0.1, -0.05) is 18.6 Å². The maximum absolute atomic E-state index is 13.2. The molecule has 0 amide bonds. The SMILES string of the molecule is COc1cccc2c1CCC2Nc1ncccc1S(=O)(=O)N1CCCCC1. The second kappa shape index (κ2) is 7.48. The van der Waals surface area contributed by atoms with Gasteiger partial charge in [0.2, 0.25) is 10.0 Å². The summed E-state index contributed by atoms with van der Waals surface area (Å²) in [5.41, 5.74) is 2.34. The molecule has 1 aromatic carbocycles. The number of aromatic nitrogens is 1. The van der Waals surface area contributed by atoms with E-state index in [-0.39, 0.29) is 10.9 Å². The van der Waals surface area contributed by atoms with Crippen LogP contribution in [0.2, 0.25) is 0 Å². The lowest BCUT2D eigenvalue weighted by Gasteiger charge is -2.27. The number of ether oxygens (including phenoxy) is 1. The second-order valence-corrected chi connectivity index (χ2v) is 8.98. The van der Waals surface area contributed by atoms with E-state index in [0.29, 0.717) is 18.9 Å². The Hall–Kier alpha value is -2.12. The molecule has 0 bridgehead atoms. The lowest BCUT2D eigenvalue weighted by Crippen LogP contribution is -2.36. The van der Waals surface area contributed by atoms with Crippen LogP contribution in [0.1, 0.15) is 42.9 Å². The first-order chi connectivity index (χ1) is 13.1. The highest BCUT2D eigenvalue weighted by Crippen LogP contribution is 2.39.